The Kier molecular flexibility index (Phi) is 13.7. The van der Waals surface area contributed by atoms with Gasteiger partial charge in [0.15, 0.2) is 0 Å². The van der Waals surface area contributed by atoms with Gasteiger partial charge in [-0.1, -0.05) is 60.7 Å². The first-order chi connectivity index (χ1) is 21.5. The number of nitrogens with one attached hydrogen (secondary N) is 4. The van der Waals surface area contributed by atoms with Gasteiger partial charge in [0.05, 0.1) is 0 Å². The normalized spacial score (nSPS) is 11.6. The molecule has 0 bridgehead atoms. The number of hydrogen-bond acceptors (Lipinski definition) is 10. The lowest BCUT2D eigenvalue weighted by molar-refractivity contribution is -0.145. The second-order valence-corrected chi connectivity index (χ2v) is 11.7. The zero-order chi connectivity index (χ0) is 34.3. The quantitative estimate of drug-likeness (QED) is 0.153. The van der Waals surface area contributed by atoms with Crippen molar-refractivity contribution >= 4 is 35.9 Å². The lowest BCUT2D eigenvalue weighted by atomic mass is 10.2. The van der Waals surface area contributed by atoms with Crippen molar-refractivity contribution in [3.8, 4) is 0 Å². The fraction of sp³-hybridized carbons (Fsp3) is 0.375. The lowest BCUT2D eigenvalue weighted by Crippen LogP contribution is -2.46. The molecule has 0 aliphatic rings. The van der Waals surface area contributed by atoms with Crippen LogP contribution in [0.25, 0.3) is 0 Å². The molecule has 0 saturated carbocycles. The molecule has 2 rings (SSSR count). The van der Waals surface area contributed by atoms with E-state index in [4.69, 9.17) is 18.9 Å². The molecule has 0 saturated heterocycles. The van der Waals surface area contributed by atoms with Gasteiger partial charge in [-0.15, -0.1) is 0 Å². The molecule has 14 heteroatoms. The van der Waals surface area contributed by atoms with Gasteiger partial charge in [-0.25, -0.2) is 9.59 Å². The molecule has 2 aromatic carbocycles. The van der Waals surface area contributed by atoms with E-state index in [0.29, 0.717) is 11.1 Å². The van der Waals surface area contributed by atoms with Crippen molar-refractivity contribution in [1.82, 2.24) is 21.3 Å². The average Bonchev–Trinajstić information content (AvgIpc) is 2.97. The Labute approximate surface area is 267 Å². The van der Waals surface area contributed by atoms with E-state index in [1.54, 1.807) is 102 Å². The predicted molar refractivity (Wildman–Crippen MR) is 164 cm³/mol. The van der Waals surface area contributed by atoms with Crippen LogP contribution in [0.4, 0.5) is 9.59 Å². The van der Waals surface area contributed by atoms with E-state index in [2.05, 4.69) is 21.3 Å². The second-order valence-electron chi connectivity index (χ2n) is 11.7. The van der Waals surface area contributed by atoms with E-state index in [1.807, 2.05) is 0 Å². The maximum atomic E-state index is 13.3. The van der Waals surface area contributed by atoms with Crippen LogP contribution in [0.5, 0.6) is 0 Å². The molecule has 4 N–H and O–H groups in total. The molecule has 248 valence electrons. The molecule has 46 heavy (non-hydrogen) atoms. The highest BCUT2D eigenvalue weighted by atomic mass is 16.6. The molecule has 0 atom stereocenters. The van der Waals surface area contributed by atoms with Crippen LogP contribution < -0.4 is 21.3 Å². The summed E-state index contributed by atoms with van der Waals surface area (Å²) in [6.07, 6.45) is -2.33. The van der Waals surface area contributed by atoms with Crippen LogP contribution in [0, 0.1) is 0 Å². The van der Waals surface area contributed by atoms with Gasteiger partial charge in [-0.05, 0) is 52.7 Å². The van der Waals surface area contributed by atoms with E-state index in [1.165, 1.54) is 0 Å². The monoisotopic (exact) mass is 640 g/mol. The van der Waals surface area contributed by atoms with Gasteiger partial charge in [-0.3, -0.25) is 29.8 Å². The highest BCUT2D eigenvalue weighted by Gasteiger charge is 2.29. The Morgan fingerprint density at radius 3 is 1.17 bits per heavy atom. The molecule has 0 fully saturated rings. The van der Waals surface area contributed by atoms with Crippen molar-refractivity contribution in [2.45, 2.75) is 66.0 Å². The molecule has 0 aromatic heterocycles. The Bertz CT molecular complexity index is 1300. The maximum Gasteiger partial charge on any atom is 0.412 e. The van der Waals surface area contributed by atoms with Crippen LogP contribution in [0.2, 0.25) is 0 Å². The SMILES string of the molecule is CC(C)(C)OC(=O)N/C(C(=O)NCC(=O)OCc1ccccc1)=C(\NC(=O)OC(C)(C)C)C(=O)NCC(=O)OCc1ccccc1. The van der Waals surface area contributed by atoms with Gasteiger partial charge in [-0.2, -0.15) is 0 Å². The molecule has 0 radical (unpaired) electrons. The molecular formula is C32H40N4O10. The number of alkyl carbamates (subject to hydrolysis) is 2. The molecule has 0 unspecified atom stereocenters. The van der Waals surface area contributed by atoms with E-state index in [9.17, 15) is 28.8 Å². The van der Waals surface area contributed by atoms with Crippen LogP contribution in [0.15, 0.2) is 72.1 Å². The van der Waals surface area contributed by atoms with E-state index < -0.39 is 71.6 Å². The summed E-state index contributed by atoms with van der Waals surface area (Å²) in [5, 5.41) is 8.77. The summed E-state index contributed by atoms with van der Waals surface area (Å²) in [5.41, 5.74) is -2.25. The summed E-state index contributed by atoms with van der Waals surface area (Å²) in [6, 6.07) is 17.6. The van der Waals surface area contributed by atoms with Crippen molar-refractivity contribution in [3.05, 3.63) is 83.2 Å². The average molecular weight is 641 g/mol. The fourth-order valence-corrected chi connectivity index (χ4v) is 3.34. The van der Waals surface area contributed by atoms with Gasteiger partial charge in [0.25, 0.3) is 11.8 Å². The number of ether oxygens (including phenoxy) is 4. The predicted octanol–water partition coefficient (Wildman–Crippen LogP) is 2.97. The molecule has 0 aliphatic carbocycles. The van der Waals surface area contributed by atoms with Crippen molar-refractivity contribution in [2.24, 2.45) is 0 Å². The maximum absolute atomic E-state index is 13.3. The summed E-state index contributed by atoms with van der Waals surface area (Å²) in [5.74, 6) is -4.01. The first kappa shape index (κ1) is 36.8. The minimum atomic E-state index is -1.17. The highest BCUT2D eigenvalue weighted by molar-refractivity contribution is 6.08. The third-order valence-electron chi connectivity index (χ3n) is 5.23. The van der Waals surface area contributed by atoms with Crippen LogP contribution in [0.1, 0.15) is 52.7 Å². The van der Waals surface area contributed by atoms with Gasteiger partial charge in [0.2, 0.25) is 0 Å². The number of benzene rings is 2. The van der Waals surface area contributed by atoms with Crippen molar-refractivity contribution in [2.75, 3.05) is 13.1 Å². The number of hydrogen-bond donors (Lipinski definition) is 4. The van der Waals surface area contributed by atoms with Crippen LogP contribution in [-0.2, 0) is 51.3 Å². The first-order valence-electron chi connectivity index (χ1n) is 14.2. The summed E-state index contributed by atoms with van der Waals surface area (Å²) >= 11 is 0. The van der Waals surface area contributed by atoms with Crippen molar-refractivity contribution in [1.29, 1.82) is 0 Å². The zero-order valence-corrected chi connectivity index (χ0v) is 26.7. The van der Waals surface area contributed by atoms with Crippen molar-refractivity contribution in [3.63, 3.8) is 0 Å². The third-order valence-corrected chi connectivity index (χ3v) is 5.23. The third kappa shape index (κ3) is 14.9. The minimum Gasteiger partial charge on any atom is -0.460 e. The molecule has 2 aromatic rings. The summed E-state index contributed by atoms with van der Waals surface area (Å²) in [7, 11) is 0. The first-order valence-corrected chi connectivity index (χ1v) is 14.2. The van der Waals surface area contributed by atoms with Crippen LogP contribution in [-0.4, -0.2) is 60.2 Å². The number of amides is 4. The standard InChI is InChI=1S/C32H40N4O10/c1-31(2,3)45-29(41)35-25(27(39)33-17-23(37)43-19-21-13-9-7-10-14-21)26(36-30(42)46-32(4,5)6)28(40)34-18-24(38)44-20-22-15-11-8-12-16-22/h7-16H,17-20H2,1-6H3,(H,33,39)(H,34,40)(H,35,41)(H,36,42)/b26-25-. The van der Waals surface area contributed by atoms with E-state index in [-0.39, 0.29) is 13.2 Å². The molecule has 0 aliphatic heterocycles. The van der Waals surface area contributed by atoms with Crippen LogP contribution in [0.3, 0.4) is 0 Å². The lowest BCUT2D eigenvalue weighted by Gasteiger charge is -2.23. The number of carbonyl (C=O) groups excluding carboxylic acids is 6. The van der Waals surface area contributed by atoms with E-state index >= 15 is 0 Å². The highest BCUT2D eigenvalue weighted by Crippen LogP contribution is 2.11. The van der Waals surface area contributed by atoms with Gasteiger partial charge in [0.1, 0.15) is 48.9 Å². The van der Waals surface area contributed by atoms with Gasteiger partial charge >= 0.3 is 24.1 Å². The zero-order valence-electron chi connectivity index (χ0n) is 26.7. The Hall–Kier alpha value is -5.40. The molecule has 4 amide bonds. The summed E-state index contributed by atoms with van der Waals surface area (Å²) < 4.78 is 20.7. The largest absolute Gasteiger partial charge is 0.460 e. The Morgan fingerprint density at radius 2 is 0.870 bits per heavy atom. The Balaban J connectivity index is 2.30. The van der Waals surface area contributed by atoms with E-state index in [0.717, 1.165) is 0 Å². The van der Waals surface area contributed by atoms with Crippen LogP contribution >= 0.6 is 0 Å². The number of esters is 2. The second kappa shape index (κ2) is 17.2. The van der Waals surface area contributed by atoms with Gasteiger partial charge in [0, 0.05) is 0 Å². The number of carbonyl (C=O) groups is 6. The molecule has 0 heterocycles. The summed E-state index contributed by atoms with van der Waals surface area (Å²) in [4.78, 5) is 76.8. The smallest absolute Gasteiger partial charge is 0.412 e. The van der Waals surface area contributed by atoms with Crippen molar-refractivity contribution < 1.29 is 47.7 Å². The topological polar surface area (TPSA) is 187 Å². The molecule has 0 spiro atoms. The summed E-state index contributed by atoms with van der Waals surface area (Å²) in [6.45, 7) is 7.90. The number of rotatable bonds is 12. The molecular weight excluding hydrogens is 600 g/mol. The molecule has 14 nitrogen and oxygen atoms in total. The fourth-order valence-electron chi connectivity index (χ4n) is 3.34. The Morgan fingerprint density at radius 1 is 0.543 bits per heavy atom. The minimum absolute atomic E-state index is 0.0668. The van der Waals surface area contributed by atoms with Gasteiger partial charge < -0.3 is 29.6 Å².